The van der Waals surface area contributed by atoms with Crippen LogP contribution in [-0.4, -0.2) is 59.8 Å². The van der Waals surface area contributed by atoms with E-state index in [9.17, 15) is 19.5 Å². The van der Waals surface area contributed by atoms with Crippen molar-refractivity contribution in [1.82, 2.24) is 4.90 Å². The van der Waals surface area contributed by atoms with Gasteiger partial charge in [0, 0.05) is 13.0 Å². The zero-order valence-electron chi connectivity index (χ0n) is 19.4. The number of rotatable bonds is 7. The maximum atomic E-state index is 13.5. The Bertz CT molecular complexity index is 1010. The van der Waals surface area contributed by atoms with Crippen molar-refractivity contribution in [2.75, 3.05) is 25.1 Å². The minimum absolute atomic E-state index is 0.201. The smallest absolute Gasteiger partial charge is 0.415 e. The van der Waals surface area contributed by atoms with Gasteiger partial charge in [0.15, 0.2) is 0 Å². The SMILES string of the molecule is COc1ccc(CCN(CC(=O)O)C(=O)[C@H]2Cc3ccccc3N2C(=O)OC(C)(C)C)cc1. The monoisotopic (exact) mass is 454 g/mol. The number of hydrogen-bond donors (Lipinski definition) is 1. The van der Waals surface area contributed by atoms with Gasteiger partial charge in [0.2, 0.25) is 5.91 Å². The van der Waals surface area contributed by atoms with Crippen LogP contribution < -0.4 is 9.64 Å². The highest BCUT2D eigenvalue weighted by Gasteiger charge is 2.42. The molecule has 1 aliphatic heterocycles. The van der Waals surface area contributed by atoms with Crippen molar-refractivity contribution in [2.24, 2.45) is 0 Å². The summed E-state index contributed by atoms with van der Waals surface area (Å²) in [4.78, 5) is 40.7. The van der Waals surface area contributed by atoms with E-state index in [-0.39, 0.29) is 6.54 Å². The Morgan fingerprint density at radius 1 is 1.09 bits per heavy atom. The number of benzene rings is 2. The predicted molar refractivity (Wildman–Crippen MR) is 124 cm³/mol. The molecule has 8 heteroatoms. The van der Waals surface area contributed by atoms with E-state index in [1.165, 1.54) is 9.80 Å². The number of hydrogen-bond acceptors (Lipinski definition) is 5. The van der Waals surface area contributed by atoms with Gasteiger partial charge in [0.1, 0.15) is 23.9 Å². The molecule has 0 aliphatic carbocycles. The number of nitrogens with zero attached hydrogens (tertiary/aromatic N) is 2. The molecule has 0 aromatic heterocycles. The van der Waals surface area contributed by atoms with Crippen LogP contribution >= 0.6 is 0 Å². The van der Waals surface area contributed by atoms with Crippen LogP contribution in [0, 0.1) is 0 Å². The molecular formula is C25H30N2O6. The number of carboxylic acid groups (broad SMARTS) is 1. The number of ether oxygens (including phenoxy) is 2. The molecule has 1 atom stereocenters. The molecule has 176 valence electrons. The quantitative estimate of drug-likeness (QED) is 0.688. The molecule has 0 saturated heterocycles. The molecule has 8 nitrogen and oxygen atoms in total. The normalized spacial score (nSPS) is 15.0. The van der Waals surface area contributed by atoms with Gasteiger partial charge in [0.25, 0.3) is 0 Å². The summed E-state index contributed by atoms with van der Waals surface area (Å²) in [6.07, 6.45) is 0.137. The molecule has 1 heterocycles. The maximum Gasteiger partial charge on any atom is 0.415 e. The third kappa shape index (κ3) is 6.03. The number of carbonyl (C=O) groups excluding carboxylic acids is 2. The van der Waals surface area contributed by atoms with Gasteiger partial charge in [-0.3, -0.25) is 14.5 Å². The van der Waals surface area contributed by atoms with E-state index in [0.29, 0.717) is 24.3 Å². The first kappa shape index (κ1) is 24.1. The predicted octanol–water partition coefficient (Wildman–Crippen LogP) is 3.52. The average Bonchev–Trinajstić information content (AvgIpc) is 3.15. The van der Waals surface area contributed by atoms with Crippen LogP contribution in [0.5, 0.6) is 5.75 Å². The molecule has 0 unspecified atom stereocenters. The highest BCUT2D eigenvalue weighted by molar-refractivity contribution is 6.01. The zero-order valence-corrected chi connectivity index (χ0v) is 19.4. The first-order valence-electron chi connectivity index (χ1n) is 10.8. The Morgan fingerprint density at radius 2 is 1.76 bits per heavy atom. The van der Waals surface area contributed by atoms with Crippen LogP contribution in [0.15, 0.2) is 48.5 Å². The van der Waals surface area contributed by atoms with E-state index in [4.69, 9.17) is 9.47 Å². The third-order valence-corrected chi connectivity index (χ3v) is 5.32. The number of aliphatic carboxylic acids is 1. The van der Waals surface area contributed by atoms with Crippen LogP contribution in [0.25, 0.3) is 0 Å². The average molecular weight is 455 g/mol. The lowest BCUT2D eigenvalue weighted by atomic mass is 10.1. The van der Waals surface area contributed by atoms with E-state index < -0.39 is 36.2 Å². The Hall–Kier alpha value is -3.55. The van der Waals surface area contributed by atoms with Crippen LogP contribution in [0.4, 0.5) is 10.5 Å². The summed E-state index contributed by atoms with van der Waals surface area (Å²) in [6, 6.07) is 13.8. The van der Waals surface area contributed by atoms with Crippen molar-refractivity contribution in [3.05, 3.63) is 59.7 Å². The first-order valence-corrected chi connectivity index (χ1v) is 10.8. The van der Waals surface area contributed by atoms with E-state index in [2.05, 4.69) is 0 Å². The summed E-state index contributed by atoms with van der Waals surface area (Å²) in [5.74, 6) is -0.820. The summed E-state index contributed by atoms with van der Waals surface area (Å²) in [6.45, 7) is 5.02. The van der Waals surface area contributed by atoms with Crippen molar-refractivity contribution < 1.29 is 29.0 Å². The Balaban J connectivity index is 1.83. The van der Waals surface area contributed by atoms with Crippen molar-refractivity contribution in [2.45, 2.75) is 45.3 Å². The number of carboxylic acids is 1. The van der Waals surface area contributed by atoms with E-state index >= 15 is 0 Å². The van der Waals surface area contributed by atoms with Gasteiger partial charge >= 0.3 is 12.1 Å². The molecule has 0 fully saturated rings. The van der Waals surface area contributed by atoms with Crippen LogP contribution in [0.3, 0.4) is 0 Å². The molecule has 0 radical (unpaired) electrons. The number of para-hydroxylation sites is 1. The fraction of sp³-hybridized carbons (Fsp3) is 0.400. The summed E-state index contributed by atoms with van der Waals surface area (Å²) in [5, 5.41) is 9.43. The Morgan fingerprint density at radius 3 is 2.36 bits per heavy atom. The molecule has 1 N–H and O–H groups in total. The number of amides is 2. The lowest BCUT2D eigenvalue weighted by molar-refractivity contribution is -0.144. The second kappa shape index (κ2) is 9.94. The largest absolute Gasteiger partial charge is 0.497 e. The number of anilines is 1. The number of methoxy groups -OCH3 is 1. The minimum Gasteiger partial charge on any atom is -0.497 e. The Labute approximate surface area is 193 Å². The lowest BCUT2D eigenvalue weighted by Crippen LogP contribution is -2.52. The van der Waals surface area contributed by atoms with Crippen molar-refractivity contribution in [1.29, 1.82) is 0 Å². The molecule has 2 aromatic rings. The number of fused-ring (bicyclic) bond motifs is 1. The molecular weight excluding hydrogens is 424 g/mol. The zero-order chi connectivity index (χ0) is 24.2. The molecule has 3 rings (SSSR count). The van der Waals surface area contributed by atoms with Gasteiger partial charge in [-0.15, -0.1) is 0 Å². The second-order valence-corrected chi connectivity index (χ2v) is 8.95. The van der Waals surface area contributed by atoms with Crippen LogP contribution in [0.1, 0.15) is 31.9 Å². The summed E-state index contributed by atoms with van der Waals surface area (Å²) >= 11 is 0. The third-order valence-electron chi connectivity index (χ3n) is 5.32. The topological polar surface area (TPSA) is 96.4 Å². The Kier molecular flexibility index (Phi) is 7.26. The molecule has 33 heavy (non-hydrogen) atoms. The lowest BCUT2D eigenvalue weighted by Gasteiger charge is -2.31. The summed E-state index contributed by atoms with van der Waals surface area (Å²) < 4.78 is 10.7. The summed E-state index contributed by atoms with van der Waals surface area (Å²) in [7, 11) is 1.58. The highest BCUT2D eigenvalue weighted by Crippen LogP contribution is 2.34. The summed E-state index contributed by atoms with van der Waals surface area (Å²) in [5.41, 5.74) is 1.65. The van der Waals surface area contributed by atoms with Gasteiger partial charge in [-0.1, -0.05) is 30.3 Å². The first-order chi connectivity index (χ1) is 15.6. The van der Waals surface area contributed by atoms with E-state index in [1.54, 1.807) is 40.0 Å². The van der Waals surface area contributed by atoms with E-state index in [0.717, 1.165) is 11.1 Å². The number of carbonyl (C=O) groups is 3. The molecule has 0 bridgehead atoms. The standard InChI is InChI=1S/C25H30N2O6/c1-25(2,3)33-24(31)27-20-8-6-5-7-18(20)15-21(27)23(30)26(16-22(28)29)14-13-17-9-11-19(32-4)12-10-17/h5-12,21H,13-16H2,1-4H3,(H,28,29)/t21-/m1/s1. The van der Waals surface area contributed by atoms with Crippen LogP contribution in [0.2, 0.25) is 0 Å². The van der Waals surface area contributed by atoms with Crippen molar-refractivity contribution in [3.8, 4) is 5.75 Å². The molecule has 0 spiro atoms. The van der Waals surface area contributed by atoms with Gasteiger partial charge in [-0.05, 0) is 56.5 Å². The highest BCUT2D eigenvalue weighted by atomic mass is 16.6. The van der Waals surface area contributed by atoms with Crippen molar-refractivity contribution >= 4 is 23.7 Å². The van der Waals surface area contributed by atoms with Gasteiger partial charge in [-0.2, -0.15) is 0 Å². The van der Waals surface area contributed by atoms with Crippen molar-refractivity contribution in [3.63, 3.8) is 0 Å². The van der Waals surface area contributed by atoms with E-state index in [1.807, 2.05) is 36.4 Å². The van der Waals surface area contributed by atoms with Gasteiger partial charge in [-0.25, -0.2) is 4.79 Å². The minimum atomic E-state index is -1.11. The second-order valence-electron chi connectivity index (χ2n) is 8.95. The molecule has 2 aromatic carbocycles. The fourth-order valence-corrected chi connectivity index (χ4v) is 3.82. The van der Waals surface area contributed by atoms with Crippen LogP contribution in [-0.2, 0) is 27.2 Å². The maximum absolute atomic E-state index is 13.5. The molecule has 2 amide bonds. The molecule has 1 aliphatic rings. The molecule has 0 saturated carbocycles. The fourth-order valence-electron chi connectivity index (χ4n) is 3.82. The van der Waals surface area contributed by atoms with Gasteiger partial charge in [0.05, 0.1) is 12.8 Å². The van der Waals surface area contributed by atoms with Gasteiger partial charge < -0.3 is 19.5 Å².